The fraction of sp³-hybridized carbons (Fsp3) is 0.833. The average Bonchev–Trinajstić information content (AvgIpc) is 2.64. The van der Waals surface area contributed by atoms with Gasteiger partial charge in [-0.3, -0.25) is 9.59 Å². The van der Waals surface area contributed by atoms with Gasteiger partial charge in [0, 0.05) is 18.5 Å². The van der Waals surface area contributed by atoms with Crippen molar-refractivity contribution < 1.29 is 40.3 Å². The molecule has 0 spiro atoms. The van der Waals surface area contributed by atoms with E-state index in [1.54, 1.807) is 0 Å². The number of Topliss-reactive ketones (excluding diaryl/α,β-unsaturated/α-hetero) is 1. The third-order valence-electron chi connectivity index (χ3n) is 4.58. The molecule has 0 aromatic heterocycles. The van der Waals surface area contributed by atoms with Gasteiger partial charge < -0.3 is 26.3 Å². The Morgan fingerprint density at radius 3 is 2.34 bits per heavy atom. The van der Waals surface area contributed by atoms with Crippen LogP contribution in [0.5, 0.6) is 0 Å². The number of hydrogen-bond acceptors (Lipinski definition) is 7. The van der Waals surface area contributed by atoms with Crippen LogP contribution in [-0.2, 0) is 40.3 Å². The summed E-state index contributed by atoms with van der Waals surface area (Å²) in [6.45, 7) is 2.92. The molecule has 0 heterocycles. The van der Waals surface area contributed by atoms with E-state index in [2.05, 4.69) is 12.2 Å². The van der Waals surface area contributed by atoms with Crippen LogP contribution in [-0.4, -0.2) is 55.1 Å². The number of rotatable bonds is 11. The van der Waals surface area contributed by atoms with Gasteiger partial charge in [-0.1, -0.05) is 26.2 Å². The first-order valence-electron chi connectivity index (χ1n) is 9.65. The van der Waals surface area contributed by atoms with Crippen molar-refractivity contribution >= 4 is 36.5 Å². The maximum atomic E-state index is 11.9. The monoisotopic (exact) mass is 636 g/mol. The van der Waals surface area contributed by atoms with E-state index in [0.29, 0.717) is 25.7 Å². The Morgan fingerprint density at radius 1 is 1.14 bits per heavy atom. The minimum atomic E-state index is -0.531. The minimum absolute atomic E-state index is 0.0588. The number of amides is 1. The Hall–Kier alpha value is -0.242. The number of carbonyl (C=O) groups is 3. The number of esters is 1. The molecule has 4 atom stereocenters. The first-order valence-corrected chi connectivity index (χ1v) is 15.3. The average molecular weight is 637 g/mol. The van der Waals surface area contributed by atoms with E-state index in [-0.39, 0.29) is 37.2 Å². The summed E-state index contributed by atoms with van der Waals surface area (Å²) >= 11 is -0.472. The third kappa shape index (κ3) is 14.4. The first kappa shape index (κ1) is 28.8. The van der Waals surface area contributed by atoms with Crippen molar-refractivity contribution in [2.24, 2.45) is 11.5 Å². The molecule has 174 valence electrons. The van der Waals surface area contributed by atoms with Crippen LogP contribution in [0.4, 0.5) is 0 Å². The Balaban J connectivity index is 0.00000245. The second-order valence-corrected chi connectivity index (χ2v) is 10.3. The molecule has 0 radical (unpaired) electrons. The molecule has 1 unspecified atom stereocenters. The van der Waals surface area contributed by atoms with Crippen LogP contribution in [0.25, 0.3) is 0 Å². The van der Waals surface area contributed by atoms with Gasteiger partial charge in [-0.25, -0.2) is 4.79 Å². The summed E-state index contributed by atoms with van der Waals surface area (Å²) < 4.78 is 10.4. The van der Waals surface area contributed by atoms with Crippen molar-refractivity contribution in [2.45, 2.75) is 83.0 Å². The van der Waals surface area contributed by atoms with Gasteiger partial charge in [-0.05, 0) is 26.2 Å². The summed E-state index contributed by atoms with van der Waals surface area (Å²) in [4.78, 5) is 35.2. The van der Waals surface area contributed by atoms with E-state index < -0.39 is 34.4 Å². The van der Waals surface area contributed by atoms with Crippen LogP contribution >= 0.6 is 18.8 Å². The fourth-order valence-electron chi connectivity index (χ4n) is 2.95. The molecule has 1 aliphatic carbocycles. The Kier molecular flexibility index (Phi) is 17.3. The summed E-state index contributed by atoms with van der Waals surface area (Å²) in [7, 11) is 9.75. The van der Waals surface area contributed by atoms with Gasteiger partial charge in [0.15, 0.2) is 5.78 Å². The van der Waals surface area contributed by atoms with Gasteiger partial charge in [0.2, 0.25) is 5.91 Å². The molecule has 0 aromatic carbocycles. The molecule has 1 amide bonds. The predicted molar refractivity (Wildman–Crippen MR) is 109 cm³/mol. The molecule has 11 heteroatoms. The number of hydrogen-bond donors (Lipinski definition) is 3. The molecule has 0 saturated heterocycles. The third-order valence-corrected chi connectivity index (χ3v) is 4.58. The van der Waals surface area contributed by atoms with E-state index >= 15 is 0 Å². The quantitative estimate of drug-likeness (QED) is 0.233. The Morgan fingerprint density at radius 2 is 1.79 bits per heavy atom. The first-order chi connectivity index (χ1) is 13.7. The molecule has 8 nitrogen and oxygen atoms in total. The van der Waals surface area contributed by atoms with Crippen LogP contribution in [0, 0.1) is 0 Å². The molecular weight excluding hydrogens is 604 g/mol. The normalized spacial score (nSPS) is 22.2. The van der Waals surface area contributed by atoms with E-state index in [0.717, 1.165) is 19.3 Å². The van der Waals surface area contributed by atoms with Crippen LogP contribution < -0.4 is 16.8 Å². The number of carbonyl (C=O) groups excluding carboxylic acids is 3. The zero-order chi connectivity index (χ0) is 22.2. The van der Waals surface area contributed by atoms with Crippen LogP contribution in [0.2, 0.25) is 0 Å². The van der Waals surface area contributed by atoms with Gasteiger partial charge in [-0.2, -0.15) is 0 Å². The molecule has 0 aliphatic heterocycles. The molecule has 0 aromatic rings. The number of ether oxygens (including phenoxy) is 2. The second-order valence-electron chi connectivity index (χ2n) is 7.02. The van der Waals surface area contributed by atoms with Gasteiger partial charge in [-0.15, -0.1) is 0 Å². The zero-order valence-corrected chi connectivity index (χ0v) is 20.7. The van der Waals surface area contributed by atoms with E-state index in [4.69, 9.17) is 39.8 Å². The van der Waals surface area contributed by atoms with Crippen LogP contribution in [0.1, 0.15) is 58.8 Å². The Labute approximate surface area is 189 Å². The van der Waals surface area contributed by atoms with E-state index in [1.165, 1.54) is 6.92 Å². The van der Waals surface area contributed by atoms with Crippen LogP contribution in [0.3, 0.4) is 0 Å². The van der Waals surface area contributed by atoms with E-state index in [9.17, 15) is 14.4 Å². The zero-order valence-electron chi connectivity index (χ0n) is 16.9. The molecule has 1 rings (SSSR count). The van der Waals surface area contributed by atoms with Crippen LogP contribution in [0.15, 0.2) is 0 Å². The molecule has 1 fully saturated rings. The summed E-state index contributed by atoms with van der Waals surface area (Å²) in [5, 5.41) is 2.65. The van der Waals surface area contributed by atoms with Crippen molar-refractivity contribution in [2.75, 3.05) is 13.2 Å². The van der Waals surface area contributed by atoms with Gasteiger partial charge in [0.05, 0.1) is 6.04 Å². The molecule has 5 N–H and O–H groups in total. The molecule has 1 saturated carbocycles. The molecule has 1 aliphatic rings. The number of ketones is 1. The maximum absolute atomic E-state index is 11.9. The number of halogens is 2. The molecular formula is C18H33Cl2N3O5Pt. The van der Waals surface area contributed by atoms with Crippen molar-refractivity contribution in [3.05, 3.63) is 0 Å². The summed E-state index contributed by atoms with van der Waals surface area (Å²) in [6.07, 6.45) is 5.22. The number of nitrogens with one attached hydrogen (secondary N) is 1. The summed E-state index contributed by atoms with van der Waals surface area (Å²) in [5.41, 5.74) is 11.7. The number of unbranched alkanes of at least 4 members (excludes halogenated alkanes) is 2. The number of nitrogens with two attached hydrogens (primary N) is 2. The molecule has 0 bridgehead atoms. The summed E-state index contributed by atoms with van der Waals surface area (Å²) in [5.74, 6) is -1.03. The topological polar surface area (TPSA) is 134 Å². The second kappa shape index (κ2) is 17.4. The van der Waals surface area contributed by atoms with Gasteiger partial charge in [0.25, 0.3) is 0 Å². The molecule has 29 heavy (non-hydrogen) atoms. The van der Waals surface area contributed by atoms with Gasteiger partial charge >= 0.3 is 41.3 Å². The van der Waals surface area contributed by atoms with Gasteiger partial charge in [0.1, 0.15) is 19.3 Å². The van der Waals surface area contributed by atoms with E-state index in [1.807, 2.05) is 0 Å². The Bertz CT molecular complexity index is 502. The summed E-state index contributed by atoms with van der Waals surface area (Å²) in [6, 6.07) is -0.738. The van der Waals surface area contributed by atoms with Crippen molar-refractivity contribution in [3.63, 3.8) is 0 Å². The predicted octanol–water partition coefficient (Wildman–Crippen LogP) is 1.78. The van der Waals surface area contributed by atoms with Crippen molar-refractivity contribution in [3.8, 4) is 0 Å². The SMILES string of the molecule is CCCCCC(NC(=O)COCC(=O)O[C@@H]1CC[C@@H](N)[C@H](N)C1)C(C)=O.[Cl][Pt][Cl]. The fourth-order valence-corrected chi connectivity index (χ4v) is 2.95. The van der Waals surface area contributed by atoms with Crippen molar-refractivity contribution in [1.82, 2.24) is 5.32 Å². The standard InChI is InChI=1S/C18H33N3O5.2ClH.Pt/c1-3-4-5-6-16(12(2)22)21-17(23)10-25-11-18(24)26-13-7-8-14(19)15(20)9-13;;;/h13-16H,3-11,19-20H2,1-2H3,(H,21,23);2*1H;/q;;;+2/p-2/t13-,14-,15-,16?;;;/m1.../s1. The van der Waals surface area contributed by atoms with Crippen molar-refractivity contribution in [1.29, 1.82) is 0 Å².